The summed E-state index contributed by atoms with van der Waals surface area (Å²) in [7, 11) is 1.56. The minimum absolute atomic E-state index is 0.00240. The summed E-state index contributed by atoms with van der Waals surface area (Å²) in [6.45, 7) is 1.73. The van der Waals surface area contributed by atoms with Gasteiger partial charge in [-0.05, 0) is 32.9 Å². The highest BCUT2D eigenvalue weighted by atomic mass is 16.7. The summed E-state index contributed by atoms with van der Waals surface area (Å²) in [6, 6.07) is -4.64. The van der Waals surface area contributed by atoms with Gasteiger partial charge in [0.25, 0.3) is 5.91 Å². The lowest BCUT2D eigenvalue weighted by molar-refractivity contribution is -0.304. The molecule has 19 nitrogen and oxygen atoms in total. The van der Waals surface area contributed by atoms with Crippen LogP contribution in [-0.2, 0) is 23.7 Å². The first kappa shape index (κ1) is 36.6. The second-order valence-electron chi connectivity index (χ2n) is 12.8. The number of amides is 1. The van der Waals surface area contributed by atoms with E-state index < -0.39 is 90.4 Å². The minimum atomic E-state index is -1.88. The van der Waals surface area contributed by atoms with Crippen LogP contribution in [0.2, 0.25) is 0 Å². The fraction of sp³-hybridized carbons (Fsp3) is 0.852. The van der Waals surface area contributed by atoms with Gasteiger partial charge in [-0.1, -0.05) is 0 Å². The summed E-state index contributed by atoms with van der Waals surface area (Å²) in [5.74, 6) is -0.568. The summed E-state index contributed by atoms with van der Waals surface area (Å²) in [6.07, 6.45) is -5.50. The van der Waals surface area contributed by atoms with Crippen molar-refractivity contribution in [2.24, 2.45) is 33.7 Å². The zero-order chi connectivity index (χ0) is 34.0. The molecule has 264 valence electrons. The number of aliphatic imine (C=N–C) groups is 1. The molecule has 14 atom stereocenters. The predicted octanol–water partition coefficient (Wildman–Crippen LogP) is -6.97. The van der Waals surface area contributed by atoms with E-state index in [-0.39, 0.29) is 38.6 Å². The maximum Gasteiger partial charge on any atom is 0.254 e. The number of nitrogens with one attached hydrogen (secondary N) is 3. The number of likely N-dealkylation sites (N-methyl/N-ethyl adjacent to an activating group) is 1. The molecule has 0 bridgehead atoms. The minimum Gasteiger partial charge on any atom is -0.467 e. The third kappa shape index (κ3) is 8.24. The van der Waals surface area contributed by atoms with E-state index in [1.807, 2.05) is 0 Å². The van der Waals surface area contributed by atoms with E-state index in [9.17, 15) is 25.2 Å². The molecule has 3 fully saturated rings. The van der Waals surface area contributed by atoms with E-state index >= 15 is 0 Å². The van der Waals surface area contributed by atoms with Crippen LogP contribution < -0.4 is 44.6 Å². The van der Waals surface area contributed by atoms with Gasteiger partial charge in [0.15, 0.2) is 17.9 Å². The van der Waals surface area contributed by atoms with E-state index in [2.05, 4.69) is 20.9 Å². The Morgan fingerprint density at radius 1 is 1.15 bits per heavy atom. The van der Waals surface area contributed by atoms with Gasteiger partial charge in [-0.25, -0.2) is 4.99 Å². The van der Waals surface area contributed by atoms with Gasteiger partial charge in [0, 0.05) is 25.0 Å². The highest BCUT2D eigenvalue weighted by Crippen LogP contribution is 2.40. The number of guanidine groups is 1. The average molecular weight is 662 g/mol. The van der Waals surface area contributed by atoms with Gasteiger partial charge in [-0.3, -0.25) is 4.79 Å². The average Bonchev–Trinajstić information content (AvgIpc) is 3.64. The first-order valence-corrected chi connectivity index (χ1v) is 15.4. The maximum atomic E-state index is 13.2. The van der Waals surface area contributed by atoms with Crippen molar-refractivity contribution in [3.63, 3.8) is 0 Å². The van der Waals surface area contributed by atoms with Crippen molar-refractivity contribution < 1.29 is 49.3 Å². The lowest BCUT2D eigenvalue weighted by Crippen LogP contribution is -2.69. The number of carbonyl (C=O) groups is 1. The number of hydrogen-bond acceptors (Lipinski definition) is 16. The van der Waals surface area contributed by atoms with E-state index in [0.29, 0.717) is 18.7 Å². The van der Waals surface area contributed by atoms with E-state index in [1.165, 1.54) is 6.92 Å². The zero-order valence-corrected chi connectivity index (χ0v) is 26.1. The Bertz CT molecular complexity index is 1110. The second-order valence-corrected chi connectivity index (χ2v) is 12.8. The topological polar surface area (TPSA) is 334 Å². The third-order valence-corrected chi connectivity index (χ3v) is 8.83. The number of aliphatic hydroxyl groups excluding tert-OH is 3. The summed E-state index contributed by atoms with van der Waals surface area (Å²) in [5, 5.41) is 62.0. The van der Waals surface area contributed by atoms with Crippen LogP contribution in [-0.4, -0.2) is 155 Å². The SMILES string of the molecule is CN[C@@H]1[C@@H](O)[C@@H](O[C@@H]2[C@@H](O)[C@H](O[C@H]3OC(CNCC(N)CO)=CC[C@H]3N)[C@@H](N)C[C@H]2NC(=O)C2(O)CC2N=C(N)N)OC[C@]1(C)O. The summed E-state index contributed by atoms with van der Waals surface area (Å²) in [4.78, 5) is 17.1. The molecule has 46 heavy (non-hydrogen) atoms. The molecule has 19 heteroatoms. The molecule has 0 spiro atoms. The van der Waals surface area contributed by atoms with Gasteiger partial charge in [-0.15, -0.1) is 0 Å². The molecule has 0 aromatic heterocycles. The summed E-state index contributed by atoms with van der Waals surface area (Å²) >= 11 is 0. The first-order valence-electron chi connectivity index (χ1n) is 15.4. The van der Waals surface area contributed by atoms with Crippen LogP contribution in [0, 0.1) is 0 Å². The number of ether oxygens (including phenoxy) is 4. The molecular formula is C27H51N9O10. The van der Waals surface area contributed by atoms with Crippen LogP contribution in [0.3, 0.4) is 0 Å². The molecule has 3 unspecified atom stereocenters. The van der Waals surface area contributed by atoms with Gasteiger partial charge < -0.3 is 89.1 Å². The van der Waals surface area contributed by atoms with Crippen LogP contribution in [0.25, 0.3) is 0 Å². The van der Waals surface area contributed by atoms with Crippen molar-refractivity contribution >= 4 is 11.9 Å². The largest absolute Gasteiger partial charge is 0.467 e. The number of rotatable bonds is 13. The molecule has 2 aliphatic heterocycles. The van der Waals surface area contributed by atoms with Crippen molar-refractivity contribution in [2.45, 2.75) is 111 Å². The fourth-order valence-corrected chi connectivity index (χ4v) is 6.07. The smallest absolute Gasteiger partial charge is 0.254 e. The van der Waals surface area contributed by atoms with Crippen LogP contribution in [0.15, 0.2) is 16.8 Å². The Hall–Kier alpha value is -2.24. The fourth-order valence-electron chi connectivity index (χ4n) is 6.07. The number of hydrogen-bond donors (Lipinski definition) is 13. The molecule has 0 aromatic carbocycles. The van der Waals surface area contributed by atoms with Gasteiger partial charge in [0.1, 0.15) is 35.8 Å². The van der Waals surface area contributed by atoms with E-state index in [0.717, 1.165) is 0 Å². The van der Waals surface area contributed by atoms with Crippen LogP contribution in [0.5, 0.6) is 0 Å². The standard InChI is InChI=1S/C27H51N9O10/c1-26(41)10-43-23(18(39)21(26)33-2)46-20-15(35-24(40)27(42)6-16(27)36-25(31)32)5-14(30)19(17(20)38)45-22-13(29)4-3-12(44-22)8-34-7-11(28)9-37/h3,11,13-23,33-34,37-39,41-42H,4-10,28-30H2,1-2H3,(H,35,40)(H4,31,32,36)/t11?,13-,14+,15-,16?,17+,18-,19-,20+,21-,22-,23-,26+,27?/m1/s1. The van der Waals surface area contributed by atoms with Crippen molar-refractivity contribution in [1.29, 1.82) is 0 Å². The number of carbonyl (C=O) groups excluding carboxylic acids is 1. The summed E-state index contributed by atoms with van der Waals surface area (Å²) < 4.78 is 23.9. The zero-order valence-electron chi connectivity index (χ0n) is 26.1. The van der Waals surface area contributed by atoms with Gasteiger partial charge in [0.2, 0.25) is 6.29 Å². The highest BCUT2D eigenvalue weighted by Gasteiger charge is 2.61. The molecule has 18 N–H and O–H groups in total. The maximum absolute atomic E-state index is 13.2. The number of nitrogens with zero attached hydrogens (tertiary/aromatic N) is 1. The molecular weight excluding hydrogens is 610 g/mol. The lowest BCUT2D eigenvalue weighted by Gasteiger charge is -2.49. The van der Waals surface area contributed by atoms with Crippen LogP contribution in [0.1, 0.15) is 26.2 Å². The molecule has 2 aliphatic carbocycles. The van der Waals surface area contributed by atoms with Crippen molar-refractivity contribution in [3.05, 3.63) is 11.8 Å². The van der Waals surface area contributed by atoms with Crippen molar-refractivity contribution in [2.75, 3.05) is 33.4 Å². The Kier molecular flexibility index (Phi) is 11.8. The molecule has 4 aliphatic rings. The Labute approximate surface area is 266 Å². The van der Waals surface area contributed by atoms with Crippen LogP contribution >= 0.6 is 0 Å². The first-order chi connectivity index (χ1) is 21.6. The van der Waals surface area contributed by atoms with Gasteiger partial charge in [-0.2, -0.15) is 0 Å². The lowest BCUT2D eigenvalue weighted by atomic mass is 9.83. The van der Waals surface area contributed by atoms with Crippen LogP contribution in [0.4, 0.5) is 0 Å². The summed E-state index contributed by atoms with van der Waals surface area (Å²) in [5.41, 5.74) is 26.0. The monoisotopic (exact) mass is 661 g/mol. The number of nitrogens with two attached hydrogens (primary N) is 5. The molecule has 0 aromatic rings. The normalized spacial score (nSPS) is 43.2. The predicted molar refractivity (Wildman–Crippen MR) is 162 cm³/mol. The van der Waals surface area contributed by atoms with Crippen molar-refractivity contribution in [3.8, 4) is 0 Å². The quantitative estimate of drug-likeness (QED) is 0.0644. The molecule has 1 amide bonds. The highest BCUT2D eigenvalue weighted by molar-refractivity contribution is 5.90. The Morgan fingerprint density at radius 2 is 1.85 bits per heavy atom. The van der Waals surface area contributed by atoms with E-state index in [4.69, 9.17) is 52.7 Å². The van der Waals surface area contributed by atoms with Crippen molar-refractivity contribution in [1.82, 2.24) is 16.0 Å². The molecule has 4 rings (SSSR count). The Balaban J connectivity index is 1.50. The number of aliphatic hydroxyl groups is 5. The second kappa shape index (κ2) is 14.9. The molecule has 1 saturated heterocycles. The Morgan fingerprint density at radius 3 is 2.50 bits per heavy atom. The molecule has 0 radical (unpaired) electrons. The van der Waals surface area contributed by atoms with E-state index in [1.54, 1.807) is 13.1 Å². The molecule has 2 heterocycles. The molecule has 2 saturated carbocycles. The third-order valence-electron chi connectivity index (χ3n) is 8.83. The van der Waals surface area contributed by atoms with Gasteiger partial charge in [0.05, 0.1) is 43.9 Å². The van der Waals surface area contributed by atoms with Gasteiger partial charge >= 0.3 is 0 Å².